The predicted octanol–water partition coefficient (Wildman–Crippen LogP) is 3.48. The maximum absolute atomic E-state index is 13.3. The normalized spacial score (nSPS) is 14.0. The van der Waals surface area contributed by atoms with Gasteiger partial charge in [0.25, 0.3) is 5.91 Å². The van der Waals surface area contributed by atoms with Gasteiger partial charge in [-0.05, 0) is 44.0 Å². The van der Waals surface area contributed by atoms with Crippen LogP contribution in [0.5, 0.6) is 0 Å². The van der Waals surface area contributed by atoms with Crippen molar-refractivity contribution in [1.29, 1.82) is 0 Å². The van der Waals surface area contributed by atoms with Crippen molar-refractivity contribution < 1.29 is 14.4 Å². The van der Waals surface area contributed by atoms with Gasteiger partial charge in [-0.15, -0.1) is 0 Å². The molecule has 1 aliphatic rings. The zero-order chi connectivity index (χ0) is 25.7. The van der Waals surface area contributed by atoms with Gasteiger partial charge in [0, 0.05) is 44.1 Å². The summed E-state index contributed by atoms with van der Waals surface area (Å²) in [4.78, 5) is 41.7. The maximum Gasteiger partial charge on any atom is 0.321 e. The summed E-state index contributed by atoms with van der Waals surface area (Å²) >= 11 is 0. The predicted molar refractivity (Wildman–Crippen MR) is 140 cm³/mol. The molecule has 8 heteroatoms. The second-order valence-electron chi connectivity index (χ2n) is 9.26. The number of hydrogen-bond donors (Lipinski definition) is 2. The quantitative estimate of drug-likeness (QED) is 0.475. The van der Waals surface area contributed by atoms with Gasteiger partial charge in [-0.3, -0.25) is 14.5 Å². The maximum atomic E-state index is 13.3. The van der Waals surface area contributed by atoms with Crippen molar-refractivity contribution in [3.63, 3.8) is 0 Å². The van der Waals surface area contributed by atoms with Crippen LogP contribution in [0.2, 0.25) is 0 Å². The molecular formula is C28H33N5O3. The van der Waals surface area contributed by atoms with Gasteiger partial charge < -0.3 is 20.5 Å². The Bertz CT molecular complexity index is 1230. The number of rotatable bonds is 8. The molecule has 36 heavy (non-hydrogen) atoms. The summed E-state index contributed by atoms with van der Waals surface area (Å²) in [6, 6.07) is 19.2. The average molecular weight is 488 g/mol. The third kappa shape index (κ3) is 6.01. The lowest BCUT2D eigenvalue weighted by Gasteiger charge is -2.34. The van der Waals surface area contributed by atoms with Gasteiger partial charge in [-0.25, -0.2) is 4.79 Å². The first-order valence-electron chi connectivity index (χ1n) is 12.2. The van der Waals surface area contributed by atoms with Crippen molar-refractivity contribution in [1.82, 2.24) is 14.4 Å². The number of nitrogens with two attached hydrogens (primary N) is 1. The number of nitrogens with one attached hydrogen (secondary N) is 1. The van der Waals surface area contributed by atoms with Crippen LogP contribution in [0.1, 0.15) is 37.7 Å². The number of benzene rings is 2. The van der Waals surface area contributed by atoms with Crippen LogP contribution in [0, 0.1) is 13.8 Å². The second kappa shape index (κ2) is 11.2. The van der Waals surface area contributed by atoms with Gasteiger partial charge in [0.1, 0.15) is 0 Å². The summed E-state index contributed by atoms with van der Waals surface area (Å²) in [5, 5.41) is 2.93. The molecule has 0 unspecified atom stereocenters. The molecule has 8 nitrogen and oxygen atoms in total. The minimum absolute atomic E-state index is 0.0591. The van der Waals surface area contributed by atoms with E-state index in [0.717, 1.165) is 23.2 Å². The van der Waals surface area contributed by atoms with E-state index in [0.29, 0.717) is 49.7 Å². The lowest BCUT2D eigenvalue weighted by molar-refractivity contribution is 0.0874. The van der Waals surface area contributed by atoms with Crippen LogP contribution in [0.25, 0.3) is 0 Å². The Balaban J connectivity index is 1.37. The van der Waals surface area contributed by atoms with Gasteiger partial charge in [0.2, 0.25) is 0 Å². The van der Waals surface area contributed by atoms with Crippen LogP contribution in [-0.4, -0.2) is 64.8 Å². The number of Topliss-reactive ketones (excluding diaryl/α,β-unsaturated/α-hetero) is 1. The van der Waals surface area contributed by atoms with E-state index >= 15 is 0 Å². The number of hydrogen-bond acceptors (Lipinski definition) is 4. The molecule has 1 fully saturated rings. The summed E-state index contributed by atoms with van der Waals surface area (Å²) in [6.07, 6.45) is 0.740. The number of primary amides is 1. The largest absolute Gasteiger partial charge is 0.366 e. The van der Waals surface area contributed by atoms with Crippen LogP contribution in [0.4, 0.5) is 10.5 Å². The fraction of sp³-hybridized carbons (Fsp3) is 0.321. The summed E-state index contributed by atoms with van der Waals surface area (Å²) in [5.41, 5.74) is 10.2. The van der Waals surface area contributed by atoms with E-state index < -0.39 is 5.91 Å². The number of aromatic nitrogens is 1. The third-order valence-electron chi connectivity index (χ3n) is 6.71. The van der Waals surface area contributed by atoms with E-state index in [2.05, 4.69) is 5.32 Å². The number of carbonyl (C=O) groups is 3. The topological polar surface area (TPSA) is 101 Å². The van der Waals surface area contributed by atoms with Crippen LogP contribution in [-0.2, 0) is 13.0 Å². The van der Waals surface area contributed by atoms with Crippen LogP contribution in [0.15, 0.2) is 60.7 Å². The van der Waals surface area contributed by atoms with Crippen LogP contribution in [0.3, 0.4) is 0 Å². The first kappa shape index (κ1) is 25.2. The van der Waals surface area contributed by atoms with Crippen molar-refractivity contribution in [3.05, 3.63) is 88.7 Å². The first-order valence-corrected chi connectivity index (χ1v) is 12.2. The third-order valence-corrected chi connectivity index (χ3v) is 6.71. The molecule has 1 saturated heterocycles. The first-order chi connectivity index (χ1) is 17.3. The minimum atomic E-state index is -0.534. The van der Waals surface area contributed by atoms with Gasteiger partial charge in [-0.1, -0.05) is 48.0 Å². The van der Waals surface area contributed by atoms with Crippen molar-refractivity contribution in [3.8, 4) is 0 Å². The molecule has 0 saturated carbocycles. The Labute approximate surface area is 211 Å². The number of amides is 3. The summed E-state index contributed by atoms with van der Waals surface area (Å²) in [6.45, 7) is 6.89. The summed E-state index contributed by atoms with van der Waals surface area (Å²) < 4.78 is 1.90. The Morgan fingerprint density at radius 3 is 2.22 bits per heavy atom. The Morgan fingerprint density at radius 1 is 0.917 bits per heavy atom. The molecule has 0 bridgehead atoms. The Morgan fingerprint density at radius 2 is 1.58 bits per heavy atom. The lowest BCUT2D eigenvalue weighted by atomic mass is 10.1. The van der Waals surface area contributed by atoms with E-state index in [1.807, 2.05) is 77.9 Å². The van der Waals surface area contributed by atoms with Gasteiger partial charge >= 0.3 is 6.03 Å². The zero-order valence-electron chi connectivity index (χ0n) is 20.9. The Hall–Kier alpha value is -3.91. The molecule has 1 aromatic heterocycles. The SMILES string of the molecule is Cc1ccc(NC(=O)N2CCN(CC(=O)c3cc(C(N)=O)c(C)n3CCc3ccccc3)CC2)cc1. The van der Waals surface area contributed by atoms with Crippen molar-refractivity contribution >= 4 is 23.4 Å². The molecule has 0 radical (unpaired) electrons. The van der Waals surface area contributed by atoms with Gasteiger partial charge in [-0.2, -0.15) is 0 Å². The number of anilines is 1. The fourth-order valence-electron chi connectivity index (χ4n) is 4.53. The molecule has 3 aromatic rings. The van der Waals surface area contributed by atoms with Crippen LogP contribution >= 0.6 is 0 Å². The lowest BCUT2D eigenvalue weighted by Crippen LogP contribution is -2.51. The van der Waals surface area contributed by atoms with Crippen LogP contribution < -0.4 is 11.1 Å². The monoisotopic (exact) mass is 487 g/mol. The molecular weight excluding hydrogens is 454 g/mol. The van der Waals surface area contributed by atoms with E-state index in [9.17, 15) is 14.4 Å². The second-order valence-corrected chi connectivity index (χ2v) is 9.26. The highest BCUT2D eigenvalue weighted by atomic mass is 16.2. The fourth-order valence-corrected chi connectivity index (χ4v) is 4.53. The van der Waals surface area contributed by atoms with Gasteiger partial charge in [0.05, 0.1) is 17.8 Å². The minimum Gasteiger partial charge on any atom is -0.366 e. The zero-order valence-corrected chi connectivity index (χ0v) is 20.9. The number of ketones is 1. The number of piperazine rings is 1. The highest BCUT2D eigenvalue weighted by Crippen LogP contribution is 2.18. The van der Waals surface area contributed by atoms with E-state index in [4.69, 9.17) is 5.73 Å². The average Bonchev–Trinajstić information content (AvgIpc) is 3.21. The molecule has 0 spiro atoms. The van der Waals surface area contributed by atoms with E-state index in [1.54, 1.807) is 11.0 Å². The summed E-state index contributed by atoms with van der Waals surface area (Å²) in [5.74, 6) is -0.593. The molecule has 0 atom stereocenters. The number of carbonyl (C=O) groups excluding carboxylic acids is 3. The molecule has 4 rings (SSSR count). The van der Waals surface area contributed by atoms with Crippen molar-refractivity contribution in [2.45, 2.75) is 26.8 Å². The molecule has 3 N–H and O–H groups in total. The summed E-state index contributed by atoms with van der Waals surface area (Å²) in [7, 11) is 0. The number of urea groups is 1. The molecule has 0 aliphatic carbocycles. The van der Waals surface area contributed by atoms with Gasteiger partial charge in [0.15, 0.2) is 5.78 Å². The smallest absolute Gasteiger partial charge is 0.321 e. The highest BCUT2D eigenvalue weighted by molar-refractivity contribution is 6.01. The molecule has 2 heterocycles. The van der Waals surface area contributed by atoms with Crippen molar-refractivity contribution in [2.75, 3.05) is 38.0 Å². The standard InChI is InChI=1S/C28H33N5O3/c1-20-8-10-23(11-9-20)30-28(36)32-16-14-31(15-17-32)19-26(34)25-18-24(27(29)35)21(2)33(25)13-12-22-6-4-3-5-7-22/h3-11,18H,12-17,19H2,1-2H3,(H2,29,35)(H,30,36). The molecule has 2 aromatic carbocycles. The molecule has 1 aliphatic heterocycles. The highest BCUT2D eigenvalue weighted by Gasteiger charge is 2.25. The molecule has 3 amide bonds. The molecule has 188 valence electrons. The van der Waals surface area contributed by atoms with Crippen molar-refractivity contribution in [2.24, 2.45) is 5.73 Å². The van der Waals surface area contributed by atoms with E-state index in [-0.39, 0.29) is 18.4 Å². The Kier molecular flexibility index (Phi) is 7.85. The van der Waals surface area contributed by atoms with E-state index in [1.165, 1.54) is 0 Å². The number of aryl methyl sites for hydroxylation is 2. The number of nitrogens with zero attached hydrogens (tertiary/aromatic N) is 3.